The predicted molar refractivity (Wildman–Crippen MR) is 61.3 cm³/mol. The first-order valence-electron chi connectivity index (χ1n) is 5.64. The number of rotatable bonds is 6. The average molecular weight is 228 g/mol. The highest BCUT2D eigenvalue weighted by Crippen LogP contribution is 2.06. The van der Waals surface area contributed by atoms with Crippen molar-refractivity contribution in [3.63, 3.8) is 0 Å². The van der Waals surface area contributed by atoms with Crippen LogP contribution in [0.15, 0.2) is 5.16 Å². The Morgan fingerprint density at radius 3 is 3.06 bits per heavy atom. The minimum absolute atomic E-state index is 0.122. The van der Waals surface area contributed by atoms with Crippen molar-refractivity contribution in [2.24, 2.45) is 10.9 Å². The number of carbonyl (C=O) groups is 1. The lowest BCUT2D eigenvalue weighted by molar-refractivity contribution is -0.119. The SMILES string of the molecule is CCC(CC(N)=NO)NCC1CCC(=O)N1. The van der Waals surface area contributed by atoms with Crippen LogP contribution < -0.4 is 16.4 Å². The molecule has 0 aromatic carbocycles. The standard InChI is InChI=1S/C10H20N4O2/c1-2-7(5-9(11)14-16)12-6-8-3-4-10(15)13-8/h7-8,12,16H,2-6H2,1H3,(H2,11,14)(H,13,15). The quantitative estimate of drug-likeness (QED) is 0.218. The van der Waals surface area contributed by atoms with Gasteiger partial charge in [0.2, 0.25) is 5.91 Å². The summed E-state index contributed by atoms with van der Waals surface area (Å²) < 4.78 is 0. The molecule has 1 fully saturated rings. The Kier molecular flexibility index (Phi) is 5.04. The Bertz CT molecular complexity index is 268. The molecule has 6 nitrogen and oxygen atoms in total. The van der Waals surface area contributed by atoms with E-state index in [0.717, 1.165) is 19.4 Å². The van der Waals surface area contributed by atoms with E-state index in [4.69, 9.17) is 10.9 Å². The van der Waals surface area contributed by atoms with Gasteiger partial charge in [0.25, 0.3) is 0 Å². The fourth-order valence-electron chi connectivity index (χ4n) is 1.79. The molecule has 5 N–H and O–H groups in total. The summed E-state index contributed by atoms with van der Waals surface area (Å²) in [4.78, 5) is 11.0. The molecular weight excluding hydrogens is 208 g/mol. The second-order valence-corrected chi connectivity index (χ2v) is 4.11. The zero-order chi connectivity index (χ0) is 12.0. The van der Waals surface area contributed by atoms with E-state index in [0.29, 0.717) is 12.8 Å². The van der Waals surface area contributed by atoms with E-state index >= 15 is 0 Å². The summed E-state index contributed by atoms with van der Waals surface area (Å²) in [7, 11) is 0. The van der Waals surface area contributed by atoms with Crippen LogP contribution in [0.4, 0.5) is 0 Å². The van der Waals surface area contributed by atoms with E-state index in [9.17, 15) is 4.79 Å². The van der Waals surface area contributed by atoms with E-state index in [1.165, 1.54) is 0 Å². The highest BCUT2D eigenvalue weighted by atomic mass is 16.4. The third-order valence-electron chi connectivity index (χ3n) is 2.81. The largest absolute Gasteiger partial charge is 0.409 e. The Morgan fingerprint density at radius 1 is 1.81 bits per heavy atom. The van der Waals surface area contributed by atoms with Crippen molar-refractivity contribution in [1.82, 2.24) is 10.6 Å². The van der Waals surface area contributed by atoms with Gasteiger partial charge in [-0.05, 0) is 12.8 Å². The monoisotopic (exact) mass is 228 g/mol. The van der Waals surface area contributed by atoms with E-state index < -0.39 is 0 Å². The van der Waals surface area contributed by atoms with E-state index in [1.807, 2.05) is 6.92 Å². The van der Waals surface area contributed by atoms with E-state index in [2.05, 4.69) is 15.8 Å². The van der Waals surface area contributed by atoms with Crippen LogP contribution in [0.2, 0.25) is 0 Å². The summed E-state index contributed by atoms with van der Waals surface area (Å²) in [5.41, 5.74) is 5.45. The molecule has 0 radical (unpaired) electrons. The zero-order valence-electron chi connectivity index (χ0n) is 9.57. The van der Waals surface area contributed by atoms with Gasteiger partial charge in [0, 0.05) is 31.5 Å². The average Bonchev–Trinajstić information content (AvgIpc) is 2.69. The first kappa shape index (κ1) is 12.8. The molecule has 6 heteroatoms. The Hall–Kier alpha value is -1.30. The normalized spacial score (nSPS) is 23.2. The number of amides is 1. The summed E-state index contributed by atoms with van der Waals surface area (Å²) in [6.07, 6.45) is 2.92. The number of amidine groups is 1. The Labute approximate surface area is 95.3 Å². The van der Waals surface area contributed by atoms with Crippen LogP contribution in [0.1, 0.15) is 32.6 Å². The van der Waals surface area contributed by atoms with Crippen LogP contribution in [0.3, 0.4) is 0 Å². The van der Waals surface area contributed by atoms with Gasteiger partial charge in [-0.3, -0.25) is 4.79 Å². The third-order valence-corrected chi connectivity index (χ3v) is 2.81. The number of nitrogens with zero attached hydrogens (tertiary/aromatic N) is 1. The molecule has 0 aliphatic carbocycles. The molecule has 1 rings (SSSR count). The summed E-state index contributed by atoms with van der Waals surface area (Å²) in [5, 5.41) is 17.6. The fourth-order valence-corrected chi connectivity index (χ4v) is 1.79. The number of carbonyl (C=O) groups excluding carboxylic acids is 1. The Morgan fingerprint density at radius 2 is 2.56 bits per heavy atom. The minimum atomic E-state index is 0.122. The third kappa shape index (κ3) is 4.06. The first-order chi connectivity index (χ1) is 7.65. The molecular formula is C10H20N4O2. The molecule has 0 spiro atoms. The van der Waals surface area contributed by atoms with Gasteiger partial charge < -0.3 is 21.6 Å². The van der Waals surface area contributed by atoms with Gasteiger partial charge in [-0.2, -0.15) is 0 Å². The molecule has 1 heterocycles. The maximum Gasteiger partial charge on any atom is 0.220 e. The lowest BCUT2D eigenvalue weighted by Gasteiger charge is -2.19. The van der Waals surface area contributed by atoms with Crippen LogP contribution in [0.5, 0.6) is 0 Å². The van der Waals surface area contributed by atoms with Crippen LogP contribution in [-0.2, 0) is 4.79 Å². The van der Waals surface area contributed by atoms with E-state index in [1.54, 1.807) is 0 Å². The summed E-state index contributed by atoms with van der Waals surface area (Å²) in [6, 6.07) is 0.405. The van der Waals surface area contributed by atoms with Gasteiger partial charge in [0.1, 0.15) is 5.84 Å². The topological polar surface area (TPSA) is 99.7 Å². The van der Waals surface area contributed by atoms with Gasteiger partial charge in [-0.1, -0.05) is 12.1 Å². The molecule has 0 bridgehead atoms. The predicted octanol–water partition coefficient (Wildman–Crippen LogP) is -0.230. The highest BCUT2D eigenvalue weighted by molar-refractivity contribution is 5.80. The number of hydrogen-bond donors (Lipinski definition) is 4. The van der Waals surface area contributed by atoms with Crippen molar-refractivity contribution in [1.29, 1.82) is 0 Å². The number of oxime groups is 1. The molecule has 1 amide bonds. The van der Waals surface area contributed by atoms with Gasteiger partial charge >= 0.3 is 0 Å². The summed E-state index contributed by atoms with van der Waals surface area (Å²) in [6.45, 7) is 2.78. The van der Waals surface area contributed by atoms with E-state index in [-0.39, 0.29) is 23.8 Å². The molecule has 1 saturated heterocycles. The smallest absolute Gasteiger partial charge is 0.220 e. The lowest BCUT2D eigenvalue weighted by atomic mass is 10.1. The number of nitrogens with two attached hydrogens (primary N) is 1. The molecule has 2 atom stereocenters. The van der Waals surface area contributed by atoms with Crippen LogP contribution in [-0.4, -0.2) is 35.6 Å². The van der Waals surface area contributed by atoms with Crippen molar-refractivity contribution < 1.29 is 10.0 Å². The van der Waals surface area contributed by atoms with Gasteiger partial charge in [0.15, 0.2) is 0 Å². The van der Waals surface area contributed by atoms with Crippen molar-refractivity contribution in [2.45, 2.75) is 44.7 Å². The van der Waals surface area contributed by atoms with Crippen LogP contribution in [0.25, 0.3) is 0 Å². The maximum atomic E-state index is 11.0. The number of nitrogens with one attached hydrogen (secondary N) is 2. The van der Waals surface area contributed by atoms with Crippen molar-refractivity contribution in [2.75, 3.05) is 6.54 Å². The zero-order valence-corrected chi connectivity index (χ0v) is 9.57. The molecule has 1 aliphatic rings. The highest BCUT2D eigenvalue weighted by Gasteiger charge is 2.21. The minimum Gasteiger partial charge on any atom is -0.409 e. The van der Waals surface area contributed by atoms with Gasteiger partial charge in [-0.25, -0.2) is 0 Å². The fraction of sp³-hybridized carbons (Fsp3) is 0.800. The summed E-state index contributed by atoms with van der Waals surface area (Å²) >= 11 is 0. The van der Waals surface area contributed by atoms with Crippen molar-refractivity contribution >= 4 is 11.7 Å². The maximum absolute atomic E-state index is 11.0. The molecule has 0 saturated carbocycles. The van der Waals surface area contributed by atoms with Crippen molar-refractivity contribution in [3.8, 4) is 0 Å². The Balaban J connectivity index is 2.26. The first-order valence-corrected chi connectivity index (χ1v) is 5.64. The van der Waals surface area contributed by atoms with Crippen molar-refractivity contribution in [3.05, 3.63) is 0 Å². The second kappa shape index (κ2) is 6.32. The lowest BCUT2D eigenvalue weighted by Crippen LogP contribution is -2.41. The van der Waals surface area contributed by atoms with Crippen LogP contribution >= 0.6 is 0 Å². The molecule has 16 heavy (non-hydrogen) atoms. The molecule has 92 valence electrons. The van der Waals surface area contributed by atoms with Gasteiger partial charge in [0.05, 0.1) is 0 Å². The number of hydrogen-bond acceptors (Lipinski definition) is 4. The summed E-state index contributed by atoms with van der Waals surface area (Å²) in [5.74, 6) is 0.353. The molecule has 0 aromatic heterocycles. The molecule has 1 aliphatic heterocycles. The van der Waals surface area contributed by atoms with Gasteiger partial charge in [-0.15, -0.1) is 0 Å². The molecule has 2 unspecified atom stereocenters. The van der Waals surface area contributed by atoms with Crippen LogP contribution in [0, 0.1) is 0 Å². The molecule has 0 aromatic rings. The second-order valence-electron chi connectivity index (χ2n) is 4.11.